The minimum atomic E-state index is -4.51. The summed E-state index contributed by atoms with van der Waals surface area (Å²) in [6.45, 7) is 1.41. The number of non-ortho nitro benzene ring substituents is 1. The topological polar surface area (TPSA) is 81.5 Å². The standard InChI is InChI=1S/C16H13F3N2O4/c1-10(25-14-7-5-13(6-8-14)21(23)24)15(22)20-12-4-2-3-11(9-12)16(17,18)19/h2-10H,1H3,(H,20,22)/t10-/m0/s1. The Morgan fingerprint density at radius 3 is 2.40 bits per heavy atom. The number of nitro groups is 1. The molecule has 132 valence electrons. The molecule has 0 heterocycles. The van der Waals surface area contributed by atoms with E-state index in [0.717, 1.165) is 12.1 Å². The van der Waals surface area contributed by atoms with Gasteiger partial charge in [0.15, 0.2) is 6.10 Å². The van der Waals surface area contributed by atoms with Crippen LogP contribution in [0.15, 0.2) is 48.5 Å². The van der Waals surface area contributed by atoms with Crippen LogP contribution < -0.4 is 10.1 Å². The summed E-state index contributed by atoms with van der Waals surface area (Å²) in [6, 6.07) is 9.30. The number of hydrogen-bond acceptors (Lipinski definition) is 4. The van der Waals surface area contributed by atoms with Gasteiger partial charge in [0.2, 0.25) is 0 Å². The van der Waals surface area contributed by atoms with Crippen molar-refractivity contribution in [1.29, 1.82) is 0 Å². The Labute approximate surface area is 140 Å². The molecule has 1 N–H and O–H groups in total. The molecule has 0 fully saturated rings. The van der Waals surface area contributed by atoms with E-state index in [1.54, 1.807) is 0 Å². The lowest BCUT2D eigenvalue weighted by Gasteiger charge is -2.15. The van der Waals surface area contributed by atoms with Crippen molar-refractivity contribution in [3.05, 3.63) is 64.2 Å². The lowest BCUT2D eigenvalue weighted by Crippen LogP contribution is -2.30. The normalized spacial score (nSPS) is 12.3. The highest BCUT2D eigenvalue weighted by atomic mass is 19.4. The first-order valence-corrected chi connectivity index (χ1v) is 7.06. The molecule has 0 saturated carbocycles. The lowest BCUT2D eigenvalue weighted by molar-refractivity contribution is -0.384. The fraction of sp³-hybridized carbons (Fsp3) is 0.188. The Bertz CT molecular complexity index is 776. The molecule has 0 aromatic heterocycles. The maximum Gasteiger partial charge on any atom is 0.416 e. The van der Waals surface area contributed by atoms with Crippen LogP contribution in [0, 0.1) is 10.1 Å². The van der Waals surface area contributed by atoms with Crippen LogP contribution in [0.2, 0.25) is 0 Å². The van der Waals surface area contributed by atoms with Crippen LogP contribution in [-0.4, -0.2) is 16.9 Å². The first-order valence-electron chi connectivity index (χ1n) is 7.06. The molecule has 2 aromatic rings. The van der Waals surface area contributed by atoms with Crippen molar-refractivity contribution >= 4 is 17.3 Å². The summed E-state index contributed by atoms with van der Waals surface area (Å²) < 4.78 is 43.3. The van der Waals surface area contributed by atoms with Crippen LogP contribution in [-0.2, 0) is 11.0 Å². The van der Waals surface area contributed by atoms with E-state index >= 15 is 0 Å². The molecule has 0 saturated heterocycles. The van der Waals surface area contributed by atoms with E-state index in [9.17, 15) is 28.1 Å². The van der Waals surface area contributed by atoms with Crippen LogP contribution in [0.1, 0.15) is 12.5 Å². The van der Waals surface area contributed by atoms with Crippen LogP contribution in [0.25, 0.3) is 0 Å². The highest BCUT2D eigenvalue weighted by Gasteiger charge is 2.30. The van der Waals surface area contributed by atoms with Gasteiger partial charge in [-0.25, -0.2) is 0 Å². The first kappa shape index (κ1) is 18.2. The van der Waals surface area contributed by atoms with Gasteiger partial charge in [0.1, 0.15) is 5.75 Å². The Morgan fingerprint density at radius 2 is 1.84 bits per heavy atom. The molecule has 1 atom stereocenters. The zero-order valence-corrected chi connectivity index (χ0v) is 12.9. The predicted molar refractivity (Wildman–Crippen MR) is 83.3 cm³/mol. The number of hydrogen-bond donors (Lipinski definition) is 1. The van der Waals surface area contributed by atoms with Crippen molar-refractivity contribution in [2.24, 2.45) is 0 Å². The highest BCUT2D eigenvalue weighted by molar-refractivity contribution is 5.94. The number of benzene rings is 2. The number of anilines is 1. The third kappa shape index (κ3) is 4.93. The molecule has 0 aliphatic carbocycles. The van der Waals surface area contributed by atoms with Crippen LogP contribution in [0.4, 0.5) is 24.5 Å². The molecule has 2 rings (SSSR count). The van der Waals surface area contributed by atoms with E-state index in [2.05, 4.69) is 5.32 Å². The van der Waals surface area contributed by atoms with Crippen molar-refractivity contribution in [1.82, 2.24) is 0 Å². The molecule has 25 heavy (non-hydrogen) atoms. The van der Waals surface area contributed by atoms with Crippen molar-refractivity contribution in [3.8, 4) is 5.75 Å². The number of nitrogens with one attached hydrogen (secondary N) is 1. The minimum Gasteiger partial charge on any atom is -0.481 e. The fourth-order valence-corrected chi connectivity index (χ4v) is 1.92. The SMILES string of the molecule is C[C@H](Oc1ccc([N+](=O)[O-])cc1)C(=O)Nc1cccc(C(F)(F)F)c1. The molecule has 0 radical (unpaired) electrons. The molecule has 0 unspecified atom stereocenters. The van der Waals surface area contributed by atoms with E-state index in [0.29, 0.717) is 0 Å². The van der Waals surface area contributed by atoms with Gasteiger partial charge in [-0.05, 0) is 37.3 Å². The molecule has 0 aliphatic heterocycles. The Balaban J connectivity index is 2.02. The minimum absolute atomic E-state index is 0.0148. The van der Waals surface area contributed by atoms with E-state index in [1.165, 1.54) is 43.3 Å². The quantitative estimate of drug-likeness (QED) is 0.649. The van der Waals surface area contributed by atoms with Crippen LogP contribution in [0.5, 0.6) is 5.75 Å². The third-order valence-corrected chi connectivity index (χ3v) is 3.19. The van der Waals surface area contributed by atoms with Crippen molar-refractivity contribution in [2.75, 3.05) is 5.32 Å². The van der Waals surface area contributed by atoms with Crippen LogP contribution in [0.3, 0.4) is 0 Å². The summed E-state index contributed by atoms with van der Waals surface area (Å²) in [5, 5.41) is 12.9. The number of carbonyl (C=O) groups excluding carboxylic acids is 1. The predicted octanol–water partition coefficient (Wildman–Crippen LogP) is 4.02. The summed E-state index contributed by atoms with van der Waals surface area (Å²) in [5.41, 5.74) is -1.03. The Kier molecular flexibility index (Phi) is 5.26. The molecule has 2 aromatic carbocycles. The number of halogens is 3. The van der Waals surface area contributed by atoms with E-state index in [4.69, 9.17) is 4.74 Å². The van der Waals surface area contributed by atoms with E-state index in [-0.39, 0.29) is 17.1 Å². The second-order valence-corrected chi connectivity index (χ2v) is 5.08. The van der Waals surface area contributed by atoms with Crippen molar-refractivity contribution in [2.45, 2.75) is 19.2 Å². The summed E-state index contributed by atoms with van der Waals surface area (Å²) in [6.07, 6.45) is -5.53. The number of nitrogens with zero attached hydrogens (tertiary/aromatic N) is 1. The average Bonchev–Trinajstić information content (AvgIpc) is 2.54. The smallest absolute Gasteiger partial charge is 0.416 e. The van der Waals surface area contributed by atoms with Gasteiger partial charge in [-0.2, -0.15) is 13.2 Å². The van der Waals surface area contributed by atoms with Gasteiger partial charge >= 0.3 is 6.18 Å². The van der Waals surface area contributed by atoms with Gasteiger partial charge in [-0.1, -0.05) is 6.07 Å². The average molecular weight is 354 g/mol. The maximum absolute atomic E-state index is 12.7. The van der Waals surface area contributed by atoms with Gasteiger partial charge in [0.25, 0.3) is 11.6 Å². The number of carbonyl (C=O) groups is 1. The summed E-state index contributed by atoms with van der Waals surface area (Å²) in [4.78, 5) is 22.0. The molecule has 9 heteroatoms. The third-order valence-electron chi connectivity index (χ3n) is 3.19. The van der Waals surface area contributed by atoms with E-state index < -0.39 is 28.7 Å². The zero-order chi connectivity index (χ0) is 18.6. The maximum atomic E-state index is 12.7. The number of amides is 1. The second-order valence-electron chi connectivity index (χ2n) is 5.08. The highest BCUT2D eigenvalue weighted by Crippen LogP contribution is 2.30. The number of rotatable bonds is 5. The summed E-state index contributed by atoms with van der Waals surface area (Å²) >= 11 is 0. The molecule has 0 spiro atoms. The zero-order valence-electron chi connectivity index (χ0n) is 12.9. The number of nitro benzene ring substituents is 1. The van der Waals surface area contributed by atoms with Gasteiger partial charge in [-0.15, -0.1) is 0 Å². The molecular formula is C16H13F3N2O4. The van der Waals surface area contributed by atoms with E-state index in [1.807, 2.05) is 0 Å². The van der Waals surface area contributed by atoms with Crippen LogP contribution >= 0.6 is 0 Å². The summed E-state index contributed by atoms with van der Waals surface area (Å²) in [5.74, 6) is -0.435. The second kappa shape index (κ2) is 7.20. The molecule has 0 bridgehead atoms. The lowest BCUT2D eigenvalue weighted by atomic mass is 10.2. The molecule has 0 aliphatic rings. The Morgan fingerprint density at radius 1 is 1.20 bits per heavy atom. The van der Waals surface area contributed by atoms with Gasteiger partial charge < -0.3 is 10.1 Å². The summed E-state index contributed by atoms with van der Waals surface area (Å²) in [7, 11) is 0. The van der Waals surface area contributed by atoms with Gasteiger partial charge in [0, 0.05) is 17.8 Å². The Hall–Kier alpha value is -3.10. The fourth-order valence-electron chi connectivity index (χ4n) is 1.92. The molecule has 1 amide bonds. The largest absolute Gasteiger partial charge is 0.481 e. The molecule has 6 nitrogen and oxygen atoms in total. The number of ether oxygens (including phenoxy) is 1. The van der Waals surface area contributed by atoms with Crippen molar-refractivity contribution in [3.63, 3.8) is 0 Å². The van der Waals surface area contributed by atoms with Gasteiger partial charge in [-0.3, -0.25) is 14.9 Å². The number of alkyl halides is 3. The first-order chi connectivity index (χ1) is 11.7. The monoisotopic (exact) mass is 354 g/mol. The van der Waals surface area contributed by atoms with Crippen molar-refractivity contribution < 1.29 is 27.6 Å². The van der Waals surface area contributed by atoms with Gasteiger partial charge in [0.05, 0.1) is 10.5 Å². The molecular weight excluding hydrogens is 341 g/mol.